The van der Waals surface area contributed by atoms with E-state index in [9.17, 15) is 4.79 Å². The normalized spacial score (nSPS) is 14.9. The number of carboxylic acid groups (broad SMARTS) is 1. The van der Waals surface area contributed by atoms with Crippen molar-refractivity contribution in [2.45, 2.75) is 25.7 Å². The van der Waals surface area contributed by atoms with Crippen molar-refractivity contribution in [1.29, 1.82) is 0 Å². The Bertz CT molecular complexity index is 390. The Hall–Kier alpha value is -1.09. The zero-order valence-corrected chi connectivity index (χ0v) is 8.69. The molecule has 0 unspecified atom stereocenters. The molecule has 1 aliphatic rings. The van der Waals surface area contributed by atoms with Gasteiger partial charge in [0.25, 0.3) is 0 Å². The van der Waals surface area contributed by atoms with Gasteiger partial charge in [0.15, 0.2) is 0 Å². The molecule has 1 N–H and O–H groups in total. The van der Waals surface area contributed by atoms with Crippen LogP contribution in [-0.2, 0) is 17.6 Å². The van der Waals surface area contributed by atoms with Gasteiger partial charge in [0.1, 0.15) is 0 Å². The van der Waals surface area contributed by atoms with Crippen LogP contribution in [0.2, 0.25) is 0 Å². The highest BCUT2D eigenvalue weighted by Gasteiger charge is 2.19. The van der Waals surface area contributed by atoms with Crippen molar-refractivity contribution in [3.05, 3.63) is 28.0 Å². The summed E-state index contributed by atoms with van der Waals surface area (Å²) in [5.74, 6) is -0.906. The van der Waals surface area contributed by atoms with Gasteiger partial charge in [-0.05, 0) is 36.6 Å². The van der Waals surface area contributed by atoms with Crippen molar-refractivity contribution in [1.82, 2.24) is 0 Å². The minimum atomic E-state index is -0.906. The Morgan fingerprint density at radius 1 is 1.43 bits per heavy atom. The molecule has 1 aromatic rings. The van der Waals surface area contributed by atoms with Crippen LogP contribution in [0.5, 0.6) is 0 Å². The van der Waals surface area contributed by atoms with Crippen LogP contribution >= 0.6 is 11.3 Å². The summed E-state index contributed by atoms with van der Waals surface area (Å²) in [6.07, 6.45) is 4.52. The summed E-state index contributed by atoms with van der Waals surface area (Å²) in [6.45, 7) is 3.61. The molecule has 0 amide bonds. The molecule has 1 aromatic heterocycles. The molecule has 1 aliphatic carbocycles. The summed E-state index contributed by atoms with van der Waals surface area (Å²) in [7, 11) is 0. The van der Waals surface area contributed by atoms with Gasteiger partial charge in [-0.25, -0.2) is 4.79 Å². The first-order valence-corrected chi connectivity index (χ1v) is 5.60. The molecule has 74 valence electrons. The molecule has 14 heavy (non-hydrogen) atoms. The molecule has 1 heterocycles. The van der Waals surface area contributed by atoms with E-state index >= 15 is 0 Å². The highest BCUT2D eigenvalue weighted by Crippen LogP contribution is 2.33. The number of hydrogen-bond donors (Lipinski definition) is 1. The molecule has 0 saturated heterocycles. The molecule has 0 spiro atoms. The lowest BCUT2D eigenvalue weighted by molar-refractivity contribution is -0.130. The first-order chi connectivity index (χ1) is 6.70. The summed E-state index contributed by atoms with van der Waals surface area (Å²) in [5.41, 5.74) is 2.33. The first-order valence-electron chi connectivity index (χ1n) is 4.72. The first kappa shape index (κ1) is 9.46. The minimum absolute atomic E-state index is 0.240. The maximum atomic E-state index is 10.8. The Labute approximate surface area is 86.9 Å². The van der Waals surface area contributed by atoms with Crippen LogP contribution in [-0.4, -0.2) is 11.1 Å². The van der Waals surface area contributed by atoms with E-state index in [-0.39, 0.29) is 5.57 Å². The van der Waals surface area contributed by atoms with Crippen molar-refractivity contribution in [3.63, 3.8) is 0 Å². The van der Waals surface area contributed by atoms with E-state index in [1.54, 1.807) is 11.3 Å². The summed E-state index contributed by atoms with van der Waals surface area (Å²) in [5, 5.41) is 10.8. The fourth-order valence-corrected chi connectivity index (χ4v) is 3.02. The third-order valence-corrected chi connectivity index (χ3v) is 3.73. The van der Waals surface area contributed by atoms with Crippen molar-refractivity contribution >= 4 is 22.9 Å². The topological polar surface area (TPSA) is 37.3 Å². The van der Waals surface area contributed by atoms with Crippen molar-refractivity contribution in [2.24, 2.45) is 0 Å². The second-order valence-electron chi connectivity index (χ2n) is 3.54. The van der Waals surface area contributed by atoms with Crippen LogP contribution in [0.3, 0.4) is 0 Å². The number of aryl methyl sites for hydroxylation is 1. The zero-order chi connectivity index (χ0) is 10.1. The lowest BCUT2D eigenvalue weighted by atomic mass is 9.93. The molecule has 0 bridgehead atoms. The SMILES string of the molecule is C=C(C(=O)O)c1csc2c1CCCC2. The van der Waals surface area contributed by atoms with Gasteiger partial charge in [-0.15, -0.1) is 11.3 Å². The third-order valence-electron chi connectivity index (χ3n) is 2.64. The Morgan fingerprint density at radius 3 is 2.86 bits per heavy atom. The van der Waals surface area contributed by atoms with Gasteiger partial charge in [0.2, 0.25) is 0 Å². The Kier molecular flexibility index (Phi) is 2.42. The second-order valence-corrected chi connectivity index (χ2v) is 4.51. The highest BCUT2D eigenvalue weighted by molar-refractivity contribution is 7.10. The van der Waals surface area contributed by atoms with Gasteiger partial charge in [-0.2, -0.15) is 0 Å². The smallest absolute Gasteiger partial charge is 0.335 e. The summed E-state index contributed by atoms with van der Waals surface area (Å²) >= 11 is 1.67. The van der Waals surface area contributed by atoms with Crippen LogP contribution in [0.15, 0.2) is 12.0 Å². The number of carbonyl (C=O) groups is 1. The van der Waals surface area contributed by atoms with Crippen LogP contribution in [0.25, 0.3) is 5.57 Å². The van der Waals surface area contributed by atoms with Gasteiger partial charge < -0.3 is 5.11 Å². The number of aliphatic carboxylic acids is 1. The third kappa shape index (κ3) is 1.48. The van der Waals surface area contributed by atoms with E-state index in [0.29, 0.717) is 0 Å². The molecule has 0 radical (unpaired) electrons. The van der Waals surface area contributed by atoms with Crippen LogP contribution in [0.1, 0.15) is 28.8 Å². The Morgan fingerprint density at radius 2 is 2.14 bits per heavy atom. The van der Waals surface area contributed by atoms with Gasteiger partial charge in [0.05, 0.1) is 5.57 Å². The summed E-state index contributed by atoms with van der Waals surface area (Å²) < 4.78 is 0. The molecule has 2 rings (SSSR count). The molecule has 0 aliphatic heterocycles. The standard InChI is InChI=1S/C11H12O2S/c1-7(11(12)13)9-6-14-10-5-3-2-4-8(9)10/h6H,1-5H2,(H,12,13). The van der Waals surface area contributed by atoms with Gasteiger partial charge in [-0.1, -0.05) is 6.58 Å². The van der Waals surface area contributed by atoms with E-state index < -0.39 is 5.97 Å². The number of fused-ring (bicyclic) bond motifs is 1. The van der Waals surface area contributed by atoms with Crippen LogP contribution in [0.4, 0.5) is 0 Å². The molecule has 0 aromatic carbocycles. The second kappa shape index (κ2) is 3.58. The minimum Gasteiger partial charge on any atom is -0.478 e. The van der Waals surface area contributed by atoms with Crippen molar-refractivity contribution < 1.29 is 9.90 Å². The monoisotopic (exact) mass is 208 g/mol. The lowest BCUT2D eigenvalue weighted by Crippen LogP contribution is -2.04. The van der Waals surface area contributed by atoms with Crippen molar-refractivity contribution in [2.75, 3.05) is 0 Å². The number of hydrogen-bond acceptors (Lipinski definition) is 2. The lowest BCUT2D eigenvalue weighted by Gasteiger charge is -2.12. The Balaban J connectivity index is 2.39. The summed E-state index contributed by atoms with van der Waals surface area (Å²) in [6, 6.07) is 0. The zero-order valence-electron chi connectivity index (χ0n) is 7.88. The average Bonchev–Trinajstić information content (AvgIpc) is 2.60. The molecule has 0 fully saturated rings. The summed E-state index contributed by atoms with van der Waals surface area (Å²) in [4.78, 5) is 12.1. The largest absolute Gasteiger partial charge is 0.478 e. The molecule has 2 nitrogen and oxygen atoms in total. The van der Waals surface area contributed by atoms with Crippen LogP contribution < -0.4 is 0 Å². The highest BCUT2D eigenvalue weighted by atomic mass is 32.1. The van der Waals surface area contributed by atoms with Crippen molar-refractivity contribution in [3.8, 4) is 0 Å². The molecular formula is C11H12O2S. The number of thiophene rings is 1. The fourth-order valence-electron chi connectivity index (χ4n) is 1.86. The number of rotatable bonds is 2. The maximum Gasteiger partial charge on any atom is 0.335 e. The van der Waals surface area contributed by atoms with Crippen LogP contribution in [0, 0.1) is 0 Å². The van der Waals surface area contributed by atoms with E-state index in [0.717, 1.165) is 18.4 Å². The maximum absolute atomic E-state index is 10.8. The predicted molar refractivity (Wildman–Crippen MR) is 57.6 cm³/mol. The van der Waals surface area contributed by atoms with E-state index in [1.807, 2.05) is 5.38 Å². The van der Waals surface area contributed by atoms with Gasteiger partial charge >= 0.3 is 5.97 Å². The van der Waals surface area contributed by atoms with Gasteiger partial charge in [0, 0.05) is 10.4 Å². The number of carboxylic acids is 1. The molecule has 0 saturated carbocycles. The predicted octanol–water partition coefficient (Wildman–Crippen LogP) is 2.72. The molecular weight excluding hydrogens is 196 g/mol. The van der Waals surface area contributed by atoms with E-state index in [4.69, 9.17) is 5.11 Å². The molecule has 3 heteroatoms. The quantitative estimate of drug-likeness (QED) is 0.759. The van der Waals surface area contributed by atoms with E-state index in [2.05, 4.69) is 6.58 Å². The fraction of sp³-hybridized carbons (Fsp3) is 0.364. The average molecular weight is 208 g/mol. The van der Waals surface area contributed by atoms with Gasteiger partial charge in [-0.3, -0.25) is 0 Å². The molecule has 0 atom stereocenters. The van der Waals surface area contributed by atoms with E-state index in [1.165, 1.54) is 23.3 Å².